The predicted octanol–water partition coefficient (Wildman–Crippen LogP) is 4.15. The fourth-order valence-corrected chi connectivity index (χ4v) is 5.87. The number of carbonyl (C=O) groups excluding carboxylic acids is 1. The van der Waals surface area contributed by atoms with E-state index in [1.54, 1.807) is 0 Å². The highest BCUT2D eigenvalue weighted by Gasteiger charge is 2.37. The Balaban J connectivity index is 1.22. The second-order valence-corrected chi connectivity index (χ2v) is 9.39. The molecule has 1 N–H and O–H groups in total. The van der Waals surface area contributed by atoms with Crippen molar-refractivity contribution in [1.82, 2.24) is 15.2 Å². The summed E-state index contributed by atoms with van der Waals surface area (Å²) >= 11 is 0. The molecule has 0 saturated carbocycles. The van der Waals surface area contributed by atoms with Gasteiger partial charge in [0.1, 0.15) is 0 Å². The fraction of sp³-hybridized carbons (Fsp3) is 0.407. The Labute approximate surface area is 189 Å². The van der Waals surface area contributed by atoms with Gasteiger partial charge in [-0.15, -0.1) is 0 Å². The van der Waals surface area contributed by atoms with Gasteiger partial charge in [-0.1, -0.05) is 36.4 Å². The van der Waals surface area contributed by atoms with E-state index in [1.807, 2.05) is 23.1 Å². The zero-order valence-corrected chi connectivity index (χ0v) is 18.5. The van der Waals surface area contributed by atoms with Crippen molar-refractivity contribution in [2.24, 2.45) is 0 Å². The molecule has 3 aromatic rings. The third-order valence-corrected chi connectivity index (χ3v) is 7.46. The molecule has 4 heterocycles. The molecule has 1 aromatic heterocycles. The maximum atomic E-state index is 13.5. The number of nitrogens with one attached hydrogen (secondary N) is 1. The van der Waals surface area contributed by atoms with Crippen LogP contribution in [0.15, 0.2) is 54.6 Å². The molecule has 2 aromatic carbocycles. The van der Waals surface area contributed by atoms with Gasteiger partial charge in [0.25, 0.3) is 5.91 Å². The normalized spacial score (nSPS) is 22.8. The monoisotopic (exact) mass is 426 g/mol. The molecule has 3 aliphatic heterocycles. The number of rotatable bonds is 4. The Kier molecular flexibility index (Phi) is 5.07. The molecule has 0 aliphatic carbocycles. The first kappa shape index (κ1) is 19.7. The van der Waals surface area contributed by atoms with Crippen LogP contribution in [0.3, 0.4) is 0 Å². The number of para-hydroxylation sites is 1. The van der Waals surface area contributed by atoms with Crippen molar-refractivity contribution in [2.45, 2.75) is 50.7 Å². The van der Waals surface area contributed by atoms with Gasteiger partial charge in [-0.3, -0.25) is 9.78 Å². The van der Waals surface area contributed by atoms with Crippen LogP contribution < -0.4 is 10.2 Å². The number of benzene rings is 2. The van der Waals surface area contributed by atoms with Crippen molar-refractivity contribution in [3.05, 3.63) is 71.4 Å². The van der Waals surface area contributed by atoms with Crippen LogP contribution in [0.5, 0.6) is 0 Å². The smallest absolute Gasteiger partial charge is 0.256 e. The molecule has 6 rings (SSSR count). The molecule has 2 fully saturated rings. The van der Waals surface area contributed by atoms with E-state index >= 15 is 0 Å². The molecule has 0 bridgehead atoms. The summed E-state index contributed by atoms with van der Waals surface area (Å²) in [5, 5.41) is 4.87. The van der Waals surface area contributed by atoms with E-state index in [0.717, 1.165) is 47.4 Å². The predicted molar refractivity (Wildman–Crippen MR) is 128 cm³/mol. The number of hydrogen-bond donors (Lipinski definition) is 1. The van der Waals surface area contributed by atoms with E-state index in [-0.39, 0.29) is 5.91 Å². The van der Waals surface area contributed by atoms with Gasteiger partial charge in [-0.25, -0.2) is 0 Å². The maximum absolute atomic E-state index is 13.5. The lowest BCUT2D eigenvalue weighted by molar-refractivity contribution is 0.0780. The minimum atomic E-state index is 0.183. The number of amides is 1. The average Bonchev–Trinajstić information content (AvgIpc) is 3.18. The Bertz CT molecular complexity index is 1160. The Morgan fingerprint density at radius 3 is 2.91 bits per heavy atom. The van der Waals surface area contributed by atoms with Crippen molar-refractivity contribution in [2.75, 3.05) is 24.5 Å². The van der Waals surface area contributed by atoms with Crippen molar-refractivity contribution < 1.29 is 4.79 Å². The SMILES string of the molecule is O=C1c2c(cccc2N2CCCC3NCCCC32)CN1CCc1ccc2ccccc2n1. The summed E-state index contributed by atoms with van der Waals surface area (Å²) in [7, 11) is 0. The molecule has 32 heavy (non-hydrogen) atoms. The quantitative estimate of drug-likeness (QED) is 0.681. The molecule has 2 unspecified atom stereocenters. The summed E-state index contributed by atoms with van der Waals surface area (Å²) in [5.74, 6) is 0.183. The molecule has 164 valence electrons. The third kappa shape index (κ3) is 3.45. The van der Waals surface area contributed by atoms with Crippen LogP contribution in [-0.2, 0) is 13.0 Å². The van der Waals surface area contributed by atoms with E-state index in [4.69, 9.17) is 4.98 Å². The minimum absolute atomic E-state index is 0.183. The van der Waals surface area contributed by atoms with Crippen LogP contribution in [0.1, 0.15) is 47.3 Å². The van der Waals surface area contributed by atoms with Crippen molar-refractivity contribution in [3.63, 3.8) is 0 Å². The van der Waals surface area contributed by atoms with E-state index in [2.05, 4.69) is 46.6 Å². The molecule has 2 atom stereocenters. The largest absolute Gasteiger partial charge is 0.366 e. The van der Waals surface area contributed by atoms with Crippen LogP contribution in [0.4, 0.5) is 5.69 Å². The first-order valence-electron chi connectivity index (χ1n) is 12.0. The topological polar surface area (TPSA) is 48.5 Å². The van der Waals surface area contributed by atoms with Crippen LogP contribution in [0.2, 0.25) is 0 Å². The van der Waals surface area contributed by atoms with Gasteiger partial charge >= 0.3 is 0 Å². The van der Waals surface area contributed by atoms with Gasteiger partial charge in [0.2, 0.25) is 0 Å². The first-order chi connectivity index (χ1) is 15.8. The second-order valence-electron chi connectivity index (χ2n) is 9.39. The van der Waals surface area contributed by atoms with Crippen LogP contribution in [0.25, 0.3) is 10.9 Å². The van der Waals surface area contributed by atoms with Gasteiger partial charge < -0.3 is 15.1 Å². The molecule has 0 spiro atoms. The number of aromatic nitrogens is 1. The van der Waals surface area contributed by atoms with Crippen LogP contribution in [0, 0.1) is 0 Å². The summed E-state index contributed by atoms with van der Waals surface area (Å²) in [6, 6.07) is 19.9. The van der Waals surface area contributed by atoms with Crippen LogP contribution >= 0.6 is 0 Å². The first-order valence-corrected chi connectivity index (χ1v) is 12.0. The van der Waals surface area contributed by atoms with E-state index < -0.39 is 0 Å². The van der Waals surface area contributed by atoms with Crippen molar-refractivity contribution >= 4 is 22.5 Å². The number of hydrogen-bond acceptors (Lipinski definition) is 4. The van der Waals surface area contributed by atoms with Crippen molar-refractivity contribution in [1.29, 1.82) is 0 Å². The molecule has 2 saturated heterocycles. The highest BCUT2D eigenvalue weighted by molar-refractivity contribution is 6.03. The zero-order chi connectivity index (χ0) is 21.5. The summed E-state index contributed by atoms with van der Waals surface area (Å²) in [6.07, 6.45) is 5.63. The molecular formula is C27H30N4O. The summed E-state index contributed by atoms with van der Waals surface area (Å²) in [6.45, 7) is 3.58. The number of anilines is 1. The van der Waals surface area contributed by atoms with E-state index in [9.17, 15) is 4.79 Å². The van der Waals surface area contributed by atoms with Gasteiger partial charge in [0.15, 0.2) is 0 Å². The Morgan fingerprint density at radius 2 is 1.94 bits per heavy atom. The standard InChI is InChI=1S/C27H30N4O/c32-27-26-20(7-3-10-25(26)31-16-5-9-23-24(31)11-4-15-28-23)18-30(27)17-14-21-13-12-19-6-1-2-8-22(19)29-21/h1-3,6-8,10,12-13,23-24,28H,4-5,9,11,14-18H2. The number of carbonyl (C=O) groups is 1. The highest BCUT2D eigenvalue weighted by Crippen LogP contribution is 2.36. The van der Waals surface area contributed by atoms with Gasteiger partial charge in [-0.05, 0) is 56.0 Å². The Hall–Kier alpha value is -2.92. The molecule has 3 aliphatic rings. The lowest BCUT2D eigenvalue weighted by Gasteiger charge is -2.46. The third-order valence-electron chi connectivity index (χ3n) is 7.46. The average molecular weight is 427 g/mol. The summed E-state index contributed by atoms with van der Waals surface area (Å²) < 4.78 is 0. The lowest BCUT2D eigenvalue weighted by Crippen LogP contribution is -2.57. The molecule has 5 heteroatoms. The van der Waals surface area contributed by atoms with E-state index in [0.29, 0.717) is 25.2 Å². The number of piperidine rings is 2. The maximum Gasteiger partial charge on any atom is 0.256 e. The van der Waals surface area contributed by atoms with Crippen molar-refractivity contribution in [3.8, 4) is 0 Å². The number of nitrogens with zero attached hydrogens (tertiary/aromatic N) is 3. The minimum Gasteiger partial charge on any atom is -0.366 e. The number of fused-ring (bicyclic) bond motifs is 3. The fourth-order valence-electron chi connectivity index (χ4n) is 5.87. The molecule has 0 radical (unpaired) electrons. The van der Waals surface area contributed by atoms with Crippen LogP contribution in [-0.4, -0.2) is 47.5 Å². The molecule has 5 nitrogen and oxygen atoms in total. The highest BCUT2D eigenvalue weighted by atomic mass is 16.2. The van der Waals surface area contributed by atoms with Gasteiger partial charge in [0.05, 0.1) is 16.8 Å². The lowest BCUT2D eigenvalue weighted by atomic mass is 9.88. The summed E-state index contributed by atoms with van der Waals surface area (Å²) in [4.78, 5) is 22.8. The molecule has 1 amide bonds. The van der Waals surface area contributed by atoms with E-state index in [1.165, 1.54) is 31.2 Å². The zero-order valence-electron chi connectivity index (χ0n) is 18.5. The number of pyridine rings is 1. The Morgan fingerprint density at radius 1 is 1.00 bits per heavy atom. The van der Waals surface area contributed by atoms with Gasteiger partial charge in [0, 0.05) is 49.2 Å². The van der Waals surface area contributed by atoms with Gasteiger partial charge in [-0.2, -0.15) is 0 Å². The second kappa shape index (κ2) is 8.21. The molecular weight excluding hydrogens is 396 g/mol. The summed E-state index contributed by atoms with van der Waals surface area (Å²) in [5.41, 5.74) is 5.32.